The van der Waals surface area contributed by atoms with Gasteiger partial charge in [-0.25, -0.2) is 4.39 Å². The van der Waals surface area contributed by atoms with Gasteiger partial charge in [0.2, 0.25) is 5.91 Å². The highest BCUT2D eigenvalue weighted by molar-refractivity contribution is 9.10. The quantitative estimate of drug-likeness (QED) is 0.910. The third-order valence-electron chi connectivity index (χ3n) is 2.96. The second-order valence-corrected chi connectivity index (χ2v) is 5.19. The smallest absolute Gasteiger partial charge is 0.236 e. The number of hydrogen-bond acceptors (Lipinski definition) is 3. The first-order chi connectivity index (χ1) is 9.16. The van der Waals surface area contributed by atoms with Gasteiger partial charge in [-0.15, -0.1) is 0 Å². The summed E-state index contributed by atoms with van der Waals surface area (Å²) in [6.07, 6.45) is 0. The Morgan fingerprint density at radius 2 is 2.16 bits per heavy atom. The fraction of sp³-hybridized carbons (Fsp3) is 0.462. The zero-order chi connectivity index (χ0) is 13.7. The molecule has 0 aromatic heterocycles. The van der Waals surface area contributed by atoms with Gasteiger partial charge in [-0.1, -0.05) is 15.9 Å². The summed E-state index contributed by atoms with van der Waals surface area (Å²) in [5, 5.41) is 3.04. The molecule has 1 fully saturated rings. The number of rotatable bonds is 4. The van der Waals surface area contributed by atoms with E-state index in [1.807, 2.05) is 0 Å². The Kier molecular flexibility index (Phi) is 5.30. The van der Waals surface area contributed by atoms with Gasteiger partial charge in [0.15, 0.2) is 0 Å². The number of amides is 1. The Hall–Kier alpha value is -0.980. The van der Waals surface area contributed by atoms with E-state index in [-0.39, 0.29) is 18.3 Å². The van der Waals surface area contributed by atoms with Crippen LogP contribution in [0.15, 0.2) is 22.7 Å². The second kappa shape index (κ2) is 6.98. The largest absolute Gasteiger partial charge is 0.378 e. The van der Waals surface area contributed by atoms with Crippen LogP contribution in [0.4, 0.5) is 4.39 Å². The predicted molar refractivity (Wildman–Crippen MR) is 73.2 cm³/mol. The molecule has 6 heteroatoms. The Balaban J connectivity index is 1.79. The summed E-state index contributed by atoms with van der Waals surface area (Å²) in [5.41, 5.74) is 0.801. The molecule has 1 heterocycles. The average molecular weight is 331 g/mol. The van der Waals surface area contributed by atoms with Crippen LogP contribution >= 0.6 is 15.9 Å². The molecular weight excluding hydrogens is 315 g/mol. The van der Waals surface area contributed by atoms with Crippen molar-refractivity contribution in [3.05, 3.63) is 34.1 Å². The highest BCUT2D eigenvalue weighted by atomic mass is 79.9. The summed E-state index contributed by atoms with van der Waals surface area (Å²) >= 11 is 3.36. The van der Waals surface area contributed by atoms with Gasteiger partial charge in [0.25, 0.3) is 0 Å². The van der Waals surface area contributed by atoms with E-state index in [2.05, 4.69) is 21.2 Å². The molecule has 19 heavy (non-hydrogen) atoms. The lowest BCUT2D eigenvalue weighted by atomic mass is 10.2. The SMILES string of the molecule is O=C(CNCc1cc(F)ccc1Br)N1CCOCC1. The molecule has 1 aliphatic rings. The zero-order valence-corrected chi connectivity index (χ0v) is 12.1. The monoisotopic (exact) mass is 330 g/mol. The number of morpholine rings is 1. The summed E-state index contributed by atoms with van der Waals surface area (Å²) < 4.78 is 19.1. The third-order valence-corrected chi connectivity index (χ3v) is 3.74. The van der Waals surface area contributed by atoms with Gasteiger partial charge < -0.3 is 15.0 Å². The summed E-state index contributed by atoms with van der Waals surface area (Å²) in [7, 11) is 0. The predicted octanol–water partition coefficient (Wildman–Crippen LogP) is 1.54. The summed E-state index contributed by atoms with van der Waals surface area (Å²) in [6, 6.07) is 4.51. The number of carbonyl (C=O) groups is 1. The van der Waals surface area contributed by atoms with Gasteiger partial charge in [-0.3, -0.25) is 4.79 Å². The number of halogens is 2. The van der Waals surface area contributed by atoms with Gasteiger partial charge in [0, 0.05) is 24.1 Å². The van der Waals surface area contributed by atoms with Crippen molar-refractivity contribution in [1.82, 2.24) is 10.2 Å². The molecule has 4 nitrogen and oxygen atoms in total. The maximum atomic E-state index is 13.1. The highest BCUT2D eigenvalue weighted by Gasteiger charge is 2.16. The number of ether oxygens (including phenoxy) is 1. The molecular formula is C13H16BrFN2O2. The van der Waals surface area contributed by atoms with E-state index in [1.165, 1.54) is 12.1 Å². The number of nitrogens with zero attached hydrogens (tertiary/aromatic N) is 1. The molecule has 0 atom stereocenters. The van der Waals surface area contributed by atoms with Crippen molar-refractivity contribution in [2.24, 2.45) is 0 Å². The fourth-order valence-corrected chi connectivity index (χ4v) is 2.29. The lowest BCUT2D eigenvalue weighted by molar-refractivity contribution is -0.134. The molecule has 104 valence electrons. The fourth-order valence-electron chi connectivity index (χ4n) is 1.91. The first kappa shape index (κ1) is 14.4. The molecule has 1 N–H and O–H groups in total. The Bertz CT molecular complexity index is 450. The molecule has 0 saturated carbocycles. The van der Waals surface area contributed by atoms with Crippen molar-refractivity contribution in [3.8, 4) is 0 Å². The minimum atomic E-state index is -0.278. The van der Waals surface area contributed by atoms with Crippen LogP contribution in [-0.2, 0) is 16.1 Å². The van der Waals surface area contributed by atoms with Gasteiger partial charge in [0.1, 0.15) is 5.82 Å². The molecule has 0 aliphatic carbocycles. The molecule has 1 aromatic carbocycles. The van der Waals surface area contributed by atoms with Gasteiger partial charge >= 0.3 is 0 Å². The van der Waals surface area contributed by atoms with Crippen molar-refractivity contribution in [3.63, 3.8) is 0 Å². The molecule has 0 unspecified atom stereocenters. The molecule has 1 amide bonds. The topological polar surface area (TPSA) is 41.6 Å². The molecule has 1 saturated heterocycles. The Morgan fingerprint density at radius 3 is 2.89 bits per heavy atom. The number of nitrogens with one attached hydrogen (secondary N) is 1. The minimum Gasteiger partial charge on any atom is -0.378 e. The van der Waals surface area contributed by atoms with E-state index in [1.54, 1.807) is 11.0 Å². The average Bonchev–Trinajstić information content (AvgIpc) is 2.43. The van der Waals surface area contributed by atoms with E-state index in [4.69, 9.17) is 4.74 Å². The molecule has 0 radical (unpaired) electrons. The van der Waals surface area contributed by atoms with Crippen LogP contribution in [0.3, 0.4) is 0 Å². The Labute approximate surface area is 120 Å². The molecule has 1 aliphatic heterocycles. The number of hydrogen-bond donors (Lipinski definition) is 1. The number of benzene rings is 1. The summed E-state index contributed by atoms with van der Waals surface area (Å²) in [4.78, 5) is 13.6. The highest BCUT2D eigenvalue weighted by Crippen LogP contribution is 2.17. The lowest BCUT2D eigenvalue weighted by Crippen LogP contribution is -2.44. The summed E-state index contributed by atoms with van der Waals surface area (Å²) in [5.74, 6) is -0.227. The first-order valence-electron chi connectivity index (χ1n) is 6.17. The van der Waals surface area contributed by atoms with Gasteiger partial charge in [0.05, 0.1) is 19.8 Å². The second-order valence-electron chi connectivity index (χ2n) is 4.33. The van der Waals surface area contributed by atoms with Crippen LogP contribution in [0.1, 0.15) is 5.56 Å². The third kappa shape index (κ3) is 4.26. The van der Waals surface area contributed by atoms with Crippen molar-refractivity contribution in [1.29, 1.82) is 0 Å². The van der Waals surface area contributed by atoms with E-state index >= 15 is 0 Å². The first-order valence-corrected chi connectivity index (χ1v) is 6.96. The Morgan fingerprint density at radius 1 is 1.42 bits per heavy atom. The van der Waals surface area contributed by atoms with Crippen LogP contribution in [-0.4, -0.2) is 43.7 Å². The van der Waals surface area contributed by atoms with Crippen LogP contribution in [0.2, 0.25) is 0 Å². The normalized spacial score (nSPS) is 15.6. The van der Waals surface area contributed by atoms with Crippen molar-refractivity contribution in [2.45, 2.75) is 6.54 Å². The maximum Gasteiger partial charge on any atom is 0.236 e. The van der Waals surface area contributed by atoms with Crippen molar-refractivity contribution in [2.75, 3.05) is 32.8 Å². The standard InChI is InChI=1S/C13H16BrFN2O2/c14-12-2-1-11(15)7-10(12)8-16-9-13(18)17-3-5-19-6-4-17/h1-2,7,16H,3-6,8-9H2. The number of carbonyl (C=O) groups excluding carboxylic acids is 1. The van der Waals surface area contributed by atoms with Crippen LogP contribution < -0.4 is 5.32 Å². The van der Waals surface area contributed by atoms with Crippen molar-refractivity contribution < 1.29 is 13.9 Å². The van der Waals surface area contributed by atoms with E-state index in [9.17, 15) is 9.18 Å². The van der Waals surface area contributed by atoms with Crippen LogP contribution in [0.25, 0.3) is 0 Å². The van der Waals surface area contributed by atoms with Crippen LogP contribution in [0, 0.1) is 5.82 Å². The van der Waals surface area contributed by atoms with Gasteiger partial charge in [-0.2, -0.15) is 0 Å². The minimum absolute atomic E-state index is 0.0517. The summed E-state index contributed by atoms with van der Waals surface area (Å²) in [6.45, 7) is 3.19. The van der Waals surface area contributed by atoms with E-state index < -0.39 is 0 Å². The molecule has 2 rings (SSSR count). The molecule has 0 bridgehead atoms. The molecule has 1 aromatic rings. The lowest BCUT2D eigenvalue weighted by Gasteiger charge is -2.26. The van der Waals surface area contributed by atoms with E-state index in [0.29, 0.717) is 32.8 Å². The molecule has 0 spiro atoms. The maximum absolute atomic E-state index is 13.1. The van der Waals surface area contributed by atoms with E-state index in [0.717, 1.165) is 10.0 Å². The van der Waals surface area contributed by atoms with Crippen LogP contribution in [0.5, 0.6) is 0 Å². The zero-order valence-electron chi connectivity index (χ0n) is 10.5. The van der Waals surface area contributed by atoms with Gasteiger partial charge in [-0.05, 0) is 23.8 Å². The van der Waals surface area contributed by atoms with Crippen molar-refractivity contribution >= 4 is 21.8 Å².